The van der Waals surface area contributed by atoms with E-state index in [1.165, 1.54) is 34.1 Å². The van der Waals surface area contributed by atoms with Crippen LogP contribution in [0, 0.1) is 28.6 Å². The topological polar surface area (TPSA) is 89.5 Å². The van der Waals surface area contributed by atoms with Crippen LogP contribution < -0.4 is 5.32 Å². The molecule has 0 aromatic carbocycles. The van der Waals surface area contributed by atoms with Crippen molar-refractivity contribution in [2.24, 2.45) is 28.6 Å². The first-order valence-corrected chi connectivity index (χ1v) is 12.3. The fourth-order valence-corrected chi connectivity index (χ4v) is 5.80. The summed E-state index contributed by atoms with van der Waals surface area (Å²) >= 11 is 0. The molecule has 192 valence electrons. The molecule has 1 N–H and O–H groups in total. The molecule has 3 aliphatic rings. The molecular formula is C25H36F3NO5. The lowest BCUT2D eigenvalue weighted by Gasteiger charge is -2.43. The van der Waals surface area contributed by atoms with Crippen molar-refractivity contribution in [3.8, 4) is 0 Å². The Hall–Kier alpha value is -1.61. The van der Waals surface area contributed by atoms with E-state index in [2.05, 4.69) is 5.32 Å². The van der Waals surface area contributed by atoms with Gasteiger partial charge in [-0.25, -0.2) is 0 Å². The number of carbonyl (C=O) groups excluding carboxylic acids is 4. The van der Waals surface area contributed by atoms with Crippen LogP contribution in [-0.4, -0.2) is 54.6 Å². The van der Waals surface area contributed by atoms with Crippen LogP contribution in [0.25, 0.3) is 0 Å². The number of nitrogens with one attached hydrogen (secondary N) is 1. The van der Waals surface area contributed by atoms with Gasteiger partial charge in [-0.15, -0.1) is 0 Å². The lowest BCUT2D eigenvalue weighted by atomic mass is 9.57. The van der Waals surface area contributed by atoms with Gasteiger partial charge in [0.15, 0.2) is 23.1 Å². The van der Waals surface area contributed by atoms with E-state index in [0.717, 1.165) is 25.7 Å². The number of hydrogen-bond acceptors (Lipinski definition) is 6. The minimum Gasteiger partial charge on any atom is -0.380 e. The number of Topliss-reactive ketones (excluding diaryl/α,β-unsaturated/α-hetero) is 4. The molecule has 3 unspecified atom stereocenters. The van der Waals surface area contributed by atoms with Gasteiger partial charge in [0.05, 0.1) is 17.4 Å². The molecule has 0 radical (unpaired) electrons. The molecule has 34 heavy (non-hydrogen) atoms. The lowest BCUT2D eigenvalue weighted by molar-refractivity contribution is -0.172. The number of rotatable bonds is 6. The normalized spacial score (nSPS) is 31.0. The fourth-order valence-electron chi connectivity index (χ4n) is 5.80. The molecule has 0 aromatic heterocycles. The molecule has 1 aliphatic heterocycles. The maximum Gasteiger partial charge on any atom is 0.403 e. The Morgan fingerprint density at radius 1 is 0.912 bits per heavy atom. The van der Waals surface area contributed by atoms with Gasteiger partial charge in [0.1, 0.15) is 12.0 Å². The predicted octanol–water partition coefficient (Wildman–Crippen LogP) is 3.84. The van der Waals surface area contributed by atoms with Crippen molar-refractivity contribution < 1.29 is 37.1 Å². The molecule has 2 aliphatic carbocycles. The highest BCUT2D eigenvalue weighted by Crippen LogP contribution is 2.43. The quantitative estimate of drug-likeness (QED) is 0.573. The van der Waals surface area contributed by atoms with Crippen LogP contribution >= 0.6 is 0 Å². The van der Waals surface area contributed by atoms with Gasteiger partial charge in [0.2, 0.25) is 0 Å². The smallest absolute Gasteiger partial charge is 0.380 e. The minimum atomic E-state index is -4.48. The average molecular weight is 488 g/mol. The fraction of sp³-hybridized carbons (Fsp3) is 0.840. The van der Waals surface area contributed by atoms with E-state index < -0.39 is 64.1 Å². The van der Waals surface area contributed by atoms with Gasteiger partial charge < -0.3 is 10.1 Å². The second-order valence-electron chi connectivity index (χ2n) is 11.2. The number of hydrogen-bond donors (Lipinski definition) is 1. The van der Waals surface area contributed by atoms with Crippen LogP contribution in [0.4, 0.5) is 13.2 Å². The zero-order valence-electron chi connectivity index (χ0n) is 20.4. The first kappa shape index (κ1) is 27.0. The van der Waals surface area contributed by atoms with Crippen molar-refractivity contribution in [1.29, 1.82) is 0 Å². The Morgan fingerprint density at radius 3 is 2.00 bits per heavy atom. The van der Waals surface area contributed by atoms with Gasteiger partial charge in [-0.05, 0) is 59.3 Å². The van der Waals surface area contributed by atoms with Gasteiger partial charge in [-0.1, -0.05) is 19.3 Å². The third-order valence-electron chi connectivity index (χ3n) is 7.98. The van der Waals surface area contributed by atoms with Crippen molar-refractivity contribution in [3.63, 3.8) is 0 Å². The Balaban J connectivity index is 1.80. The van der Waals surface area contributed by atoms with Crippen molar-refractivity contribution in [1.82, 2.24) is 5.32 Å². The number of alkyl halides is 3. The van der Waals surface area contributed by atoms with E-state index in [9.17, 15) is 32.3 Å². The van der Waals surface area contributed by atoms with Crippen LogP contribution in [0.2, 0.25) is 0 Å². The summed E-state index contributed by atoms with van der Waals surface area (Å²) in [5, 5.41) is 2.52. The Bertz CT molecular complexity index is 799. The summed E-state index contributed by atoms with van der Waals surface area (Å²) in [5.74, 6) is -5.09. The van der Waals surface area contributed by atoms with E-state index >= 15 is 0 Å². The first-order chi connectivity index (χ1) is 15.7. The molecule has 0 bridgehead atoms. The van der Waals surface area contributed by atoms with Gasteiger partial charge in [-0.3, -0.25) is 19.2 Å². The third-order valence-corrected chi connectivity index (χ3v) is 7.98. The van der Waals surface area contributed by atoms with Gasteiger partial charge in [-0.2, -0.15) is 13.2 Å². The van der Waals surface area contributed by atoms with Crippen LogP contribution in [0.1, 0.15) is 72.6 Å². The summed E-state index contributed by atoms with van der Waals surface area (Å²) in [6.45, 7) is 5.89. The second kappa shape index (κ2) is 9.80. The molecular weight excluding hydrogens is 451 g/mol. The predicted molar refractivity (Wildman–Crippen MR) is 118 cm³/mol. The van der Waals surface area contributed by atoms with Crippen LogP contribution in [-0.2, 0) is 23.9 Å². The largest absolute Gasteiger partial charge is 0.403 e. The molecule has 3 atom stereocenters. The highest BCUT2D eigenvalue weighted by molar-refractivity contribution is 6.35. The van der Waals surface area contributed by atoms with Crippen molar-refractivity contribution in [3.05, 3.63) is 0 Å². The van der Waals surface area contributed by atoms with E-state index in [-0.39, 0.29) is 19.4 Å². The molecule has 3 rings (SSSR count). The summed E-state index contributed by atoms with van der Waals surface area (Å²) in [6.07, 6.45) is 0.459. The molecule has 0 amide bonds. The SMILES string of the molecule is CC1(C)C(=O)C(C(=O)C2CCC(C(F)(F)F)NC2COCC2CCCCC2)C(=O)C(C)(C)C1=O. The van der Waals surface area contributed by atoms with Gasteiger partial charge in [0.25, 0.3) is 0 Å². The molecule has 9 heteroatoms. The summed E-state index contributed by atoms with van der Waals surface area (Å²) < 4.78 is 46.1. The maximum atomic E-state index is 13.6. The van der Waals surface area contributed by atoms with Crippen LogP contribution in [0.15, 0.2) is 0 Å². The minimum absolute atomic E-state index is 0.111. The standard InChI is InChI=1S/C25H36F3NO5/c1-23(2)20(31)18(21(32)24(3,4)22(23)33)19(30)15-10-11-17(25(26,27)28)29-16(15)13-34-12-14-8-6-5-7-9-14/h14-18,29H,5-13H2,1-4H3. The third kappa shape index (κ3) is 5.15. The highest BCUT2D eigenvalue weighted by atomic mass is 19.4. The van der Waals surface area contributed by atoms with Gasteiger partial charge in [0, 0.05) is 18.6 Å². The Kier molecular flexibility index (Phi) is 7.78. The summed E-state index contributed by atoms with van der Waals surface area (Å²) in [4.78, 5) is 52.5. The molecule has 0 aromatic rings. The van der Waals surface area contributed by atoms with E-state index in [1.807, 2.05) is 0 Å². The number of carbonyl (C=O) groups is 4. The summed E-state index contributed by atoms with van der Waals surface area (Å²) in [7, 11) is 0. The second-order valence-corrected chi connectivity index (χ2v) is 11.2. The first-order valence-electron chi connectivity index (χ1n) is 12.3. The molecule has 3 fully saturated rings. The van der Waals surface area contributed by atoms with Crippen molar-refractivity contribution in [2.75, 3.05) is 13.2 Å². The number of piperidine rings is 1. The number of halogens is 3. The summed E-state index contributed by atoms with van der Waals surface area (Å²) in [5.41, 5.74) is -3.05. The van der Waals surface area contributed by atoms with Crippen LogP contribution in [0.5, 0.6) is 0 Å². The Morgan fingerprint density at radius 2 is 1.47 bits per heavy atom. The average Bonchev–Trinajstić information content (AvgIpc) is 2.77. The zero-order valence-corrected chi connectivity index (χ0v) is 20.4. The number of ketones is 4. The monoisotopic (exact) mass is 487 g/mol. The lowest BCUT2D eigenvalue weighted by Crippen LogP contribution is -2.63. The molecule has 1 saturated heterocycles. The number of ether oxygens (including phenoxy) is 1. The van der Waals surface area contributed by atoms with Crippen LogP contribution in [0.3, 0.4) is 0 Å². The van der Waals surface area contributed by atoms with Crippen molar-refractivity contribution >= 4 is 23.1 Å². The van der Waals surface area contributed by atoms with Crippen molar-refractivity contribution in [2.45, 2.75) is 90.9 Å². The zero-order chi connectivity index (χ0) is 25.5. The highest BCUT2D eigenvalue weighted by Gasteiger charge is 2.61. The van der Waals surface area contributed by atoms with E-state index in [1.54, 1.807) is 0 Å². The van der Waals surface area contributed by atoms with E-state index in [4.69, 9.17) is 4.74 Å². The Labute approximate surface area is 198 Å². The van der Waals surface area contributed by atoms with Gasteiger partial charge >= 0.3 is 6.18 Å². The molecule has 0 spiro atoms. The maximum absolute atomic E-state index is 13.6. The molecule has 1 heterocycles. The molecule has 6 nitrogen and oxygen atoms in total. The summed E-state index contributed by atoms with van der Waals surface area (Å²) in [6, 6.07) is -2.76. The molecule has 2 saturated carbocycles. The van der Waals surface area contributed by atoms with E-state index in [0.29, 0.717) is 12.5 Å².